The van der Waals surface area contributed by atoms with Crippen molar-refractivity contribution in [3.8, 4) is 0 Å². The minimum absolute atomic E-state index is 0.0462. The van der Waals surface area contributed by atoms with Crippen LogP contribution in [0.25, 0.3) is 0 Å². The Morgan fingerprint density at radius 1 is 1.15 bits per heavy atom. The van der Waals surface area contributed by atoms with Crippen LogP contribution in [-0.2, 0) is 4.79 Å². The minimum atomic E-state index is 0.0462. The molecule has 2 aromatic rings. The predicted molar refractivity (Wildman–Crippen MR) is 79.6 cm³/mol. The molecule has 4 heteroatoms. The van der Waals surface area contributed by atoms with E-state index in [1.165, 1.54) is 0 Å². The van der Waals surface area contributed by atoms with Crippen molar-refractivity contribution in [3.63, 3.8) is 0 Å². The third-order valence-corrected chi connectivity index (χ3v) is 3.45. The number of aliphatic imine (C=N–C) groups is 1. The van der Waals surface area contributed by atoms with E-state index in [2.05, 4.69) is 9.98 Å². The van der Waals surface area contributed by atoms with Crippen LogP contribution in [-0.4, -0.2) is 23.7 Å². The van der Waals surface area contributed by atoms with Crippen LogP contribution in [0.3, 0.4) is 0 Å². The second-order valence-electron chi connectivity index (χ2n) is 4.92. The Morgan fingerprint density at radius 3 is 2.65 bits per heavy atom. The quantitative estimate of drug-likeness (QED) is 0.796. The van der Waals surface area contributed by atoms with E-state index in [-0.39, 0.29) is 5.91 Å². The predicted octanol–water partition coefficient (Wildman–Crippen LogP) is 2.88. The number of carbonyl (C=O) groups is 1. The summed E-state index contributed by atoms with van der Waals surface area (Å²) in [5, 5.41) is 0. The van der Waals surface area contributed by atoms with E-state index in [0.29, 0.717) is 6.42 Å². The Labute approximate surface area is 117 Å². The Balaban J connectivity index is 2.15. The van der Waals surface area contributed by atoms with Gasteiger partial charge in [0, 0.05) is 19.4 Å². The van der Waals surface area contributed by atoms with Gasteiger partial charge in [-0.25, -0.2) is 0 Å². The maximum absolute atomic E-state index is 12.3. The molecule has 1 aliphatic heterocycles. The van der Waals surface area contributed by atoms with Gasteiger partial charge in [-0.1, -0.05) is 6.07 Å². The number of hydrogen-bond donors (Lipinski definition) is 0. The summed E-state index contributed by atoms with van der Waals surface area (Å²) in [6.07, 6.45) is 3.73. The number of aromatic nitrogens is 1. The first-order valence-corrected chi connectivity index (χ1v) is 6.50. The van der Waals surface area contributed by atoms with E-state index in [9.17, 15) is 4.79 Å². The highest BCUT2D eigenvalue weighted by atomic mass is 16.2. The zero-order chi connectivity index (χ0) is 14.1. The van der Waals surface area contributed by atoms with Crippen molar-refractivity contribution < 1.29 is 4.79 Å². The number of benzene rings is 1. The zero-order valence-electron chi connectivity index (χ0n) is 11.5. The van der Waals surface area contributed by atoms with Crippen LogP contribution >= 0.6 is 0 Å². The van der Waals surface area contributed by atoms with E-state index in [0.717, 1.165) is 28.2 Å². The molecule has 0 N–H and O–H groups in total. The molecule has 0 aliphatic carbocycles. The Hall–Kier alpha value is -2.49. The van der Waals surface area contributed by atoms with Crippen LogP contribution in [0.4, 0.5) is 11.4 Å². The van der Waals surface area contributed by atoms with Crippen molar-refractivity contribution in [2.75, 3.05) is 11.9 Å². The number of fused-ring (bicyclic) bond motifs is 1. The third-order valence-electron chi connectivity index (χ3n) is 3.45. The fourth-order valence-corrected chi connectivity index (χ4v) is 2.29. The first kappa shape index (κ1) is 12.5. The van der Waals surface area contributed by atoms with Gasteiger partial charge in [-0.3, -0.25) is 14.8 Å². The maximum atomic E-state index is 12.3. The average Bonchev–Trinajstić information content (AvgIpc) is 2.59. The van der Waals surface area contributed by atoms with Gasteiger partial charge >= 0.3 is 0 Å². The van der Waals surface area contributed by atoms with Gasteiger partial charge < -0.3 is 4.90 Å². The number of aryl methyl sites for hydroxylation is 1. The molecule has 0 saturated heterocycles. The summed E-state index contributed by atoms with van der Waals surface area (Å²) in [6, 6.07) is 9.72. The highest BCUT2D eigenvalue weighted by molar-refractivity contribution is 6.17. The van der Waals surface area contributed by atoms with Crippen molar-refractivity contribution in [2.24, 2.45) is 4.99 Å². The number of carbonyl (C=O) groups excluding carboxylic acids is 1. The normalized spacial score (nSPS) is 14.6. The van der Waals surface area contributed by atoms with Crippen molar-refractivity contribution in [1.29, 1.82) is 0 Å². The lowest BCUT2D eigenvalue weighted by molar-refractivity contribution is -0.117. The van der Waals surface area contributed by atoms with E-state index < -0.39 is 0 Å². The van der Waals surface area contributed by atoms with Crippen LogP contribution in [0.5, 0.6) is 0 Å². The molecule has 0 spiro atoms. The first-order valence-electron chi connectivity index (χ1n) is 6.50. The number of anilines is 1. The maximum Gasteiger partial charge on any atom is 0.232 e. The van der Waals surface area contributed by atoms with Crippen LogP contribution in [0.1, 0.15) is 17.5 Å². The molecule has 0 unspecified atom stereocenters. The number of nitrogens with zero attached hydrogens (tertiary/aromatic N) is 3. The lowest BCUT2D eigenvalue weighted by atomic mass is 10.1. The molecule has 0 bridgehead atoms. The van der Waals surface area contributed by atoms with Crippen molar-refractivity contribution in [1.82, 2.24) is 4.98 Å². The van der Waals surface area contributed by atoms with Gasteiger partial charge in [0.05, 0.1) is 23.5 Å². The molecular formula is C16H15N3O. The molecule has 0 atom stereocenters. The van der Waals surface area contributed by atoms with E-state index >= 15 is 0 Å². The summed E-state index contributed by atoms with van der Waals surface area (Å²) in [5.74, 6) is 0.0462. The molecule has 20 heavy (non-hydrogen) atoms. The molecule has 1 aromatic carbocycles. The summed E-state index contributed by atoms with van der Waals surface area (Å²) in [4.78, 5) is 22.7. The first-order chi connectivity index (χ1) is 9.65. The SMILES string of the molecule is Cc1ccc2c(c1)N(C)C(=O)CC(c1ccncc1)=N2. The smallest absolute Gasteiger partial charge is 0.232 e. The molecule has 1 aliphatic rings. The molecule has 4 nitrogen and oxygen atoms in total. The fourth-order valence-electron chi connectivity index (χ4n) is 2.29. The lowest BCUT2D eigenvalue weighted by Crippen LogP contribution is -2.27. The number of amides is 1. The highest BCUT2D eigenvalue weighted by Gasteiger charge is 2.21. The van der Waals surface area contributed by atoms with E-state index in [1.807, 2.05) is 37.3 Å². The van der Waals surface area contributed by atoms with Crippen molar-refractivity contribution >= 4 is 23.0 Å². The Morgan fingerprint density at radius 2 is 1.90 bits per heavy atom. The third kappa shape index (κ3) is 2.20. The summed E-state index contributed by atoms with van der Waals surface area (Å²) in [6.45, 7) is 2.01. The Bertz CT molecular complexity index is 692. The molecule has 1 aromatic heterocycles. The molecular weight excluding hydrogens is 250 g/mol. The van der Waals surface area contributed by atoms with Gasteiger partial charge in [0.15, 0.2) is 0 Å². The van der Waals surface area contributed by atoms with Crippen molar-refractivity contribution in [2.45, 2.75) is 13.3 Å². The van der Waals surface area contributed by atoms with Crippen LogP contribution in [0, 0.1) is 6.92 Å². The van der Waals surface area contributed by atoms with Crippen LogP contribution in [0.15, 0.2) is 47.7 Å². The zero-order valence-corrected chi connectivity index (χ0v) is 11.5. The fraction of sp³-hybridized carbons (Fsp3) is 0.188. The average molecular weight is 265 g/mol. The topological polar surface area (TPSA) is 45.6 Å². The lowest BCUT2D eigenvalue weighted by Gasteiger charge is -2.16. The summed E-state index contributed by atoms with van der Waals surface area (Å²) in [7, 11) is 1.80. The van der Waals surface area contributed by atoms with Gasteiger partial charge in [0.25, 0.3) is 0 Å². The molecule has 0 saturated carbocycles. The van der Waals surface area contributed by atoms with Gasteiger partial charge in [0.1, 0.15) is 0 Å². The van der Waals surface area contributed by atoms with Crippen LogP contribution in [0.2, 0.25) is 0 Å². The molecule has 2 heterocycles. The number of pyridine rings is 1. The van der Waals surface area contributed by atoms with Crippen molar-refractivity contribution in [3.05, 3.63) is 53.9 Å². The summed E-state index contributed by atoms with van der Waals surface area (Å²) >= 11 is 0. The molecule has 0 radical (unpaired) electrons. The molecule has 3 rings (SSSR count). The van der Waals surface area contributed by atoms with Gasteiger partial charge in [-0.15, -0.1) is 0 Å². The molecule has 1 amide bonds. The van der Waals surface area contributed by atoms with E-state index in [4.69, 9.17) is 0 Å². The largest absolute Gasteiger partial charge is 0.313 e. The van der Waals surface area contributed by atoms with Crippen LogP contribution < -0.4 is 4.90 Å². The second-order valence-corrected chi connectivity index (χ2v) is 4.92. The second kappa shape index (κ2) is 4.89. The number of hydrogen-bond acceptors (Lipinski definition) is 3. The monoisotopic (exact) mass is 265 g/mol. The van der Waals surface area contributed by atoms with Gasteiger partial charge in [-0.2, -0.15) is 0 Å². The summed E-state index contributed by atoms with van der Waals surface area (Å²) in [5.41, 5.74) is 4.53. The van der Waals surface area contributed by atoms with Gasteiger partial charge in [-0.05, 0) is 42.3 Å². The molecule has 100 valence electrons. The standard InChI is InChI=1S/C16H15N3O/c1-11-3-4-13-15(9-11)19(2)16(20)10-14(18-13)12-5-7-17-8-6-12/h3-9H,10H2,1-2H3. The number of rotatable bonds is 1. The minimum Gasteiger partial charge on any atom is -0.313 e. The summed E-state index contributed by atoms with van der Waals surface area (Å²) < 4.78 is 0. The highest BCUT2D eigenvalue weighted by Crippen LogP contribution is 2.32. The Kier molecular flexibility index (Phi) is 3.06. The van der Waals surface area contributed by atoms with E-state index in [1.54, 1.807) is 24.3 Å². The van der Waals surface area contributed by atoms with Gasteiger partial charge in [0.2, 0.25) is 5.91 Å². The molecule has 0 fully saturated rings.